The third-order valence-electron chi connectivity index (χ3n) is 17.0. The third kappa shape index (κ3) is 28.9. The van der Waals surface area contributed by atoms with Crippen LogP contribution in [0.4, 0.5) is 92.2 Å². The first kappa shape index (κ1) is 97.8. The Morgan fingerprint density at radius 2 is 0.574 bits per heavy atom. The van der Waals surface area contributed by atoms with Gasteiger partial charge in [0.1, 0.15) is 23.3 Å². The fourth-order valence-corrected chi connectivity index (χ4v) is 10.0. The lowest BCUT2D eigenvalue weighted by Crippen LogP contribution is -2.09. The van der Waals surface area contributed by atoms with Crippen LogP contribution in [0, 0.1) is 136 Å². The van der Waals surface area contributed by atoms with E-state index in [1.165, 1.54) is 74.8 Å². The maximum atomic E-state index is 13.7. The smallest absolute Gasteiger partial charge is 0.200 e. The fraction of sp³-hybridized carbons (Fsp3) is 0.191. The van der Waals surface area contributed by atoms with Crippen LogP contribution in [0.5, 0.6) is 0 Å². The molecule has 0 unspecified atom stereocenters. The number of hydrogen-bond acceptors (Lipinski definition) is 0. The molecule has 0 amide bonds. The molecule has 0 fully saturated rings. The largest absolute Gasteiger partial charge is 0.207 e. The molecule has 12 rings (SSSR count). The second-order valence-corrected chi connectivity index (χ2v) is 24.5. The van der Waals surface area contributed by atoms with Crippen molar-refractivity contribution in [2.75, 3.05) is 0 Å². The van der Waals surface area contributed by atoms with Crippen LogP contribution in [0.25, 0.3) is 40.1 Å². The zero-order chi connectivity index (χ0) is 86.3. The summed E-state index contributed by atoms with van der Waals surface area (Å²) >= 11 is 0. The molecule has 610 valence electrons. The zero-order valence-corrected chi connectivity index (χ0v) is 64.9. The number of benzene rings is 12. The molecular formula is C94H87F21. The van der Waals surface area contributed by atoms with E-state index in [0.717, 1.165) is 81.0 Å². The highest BCUT2D eigenvalue weighted by Crippen LogP contribution is 2.38. The average molecular weight is 1620 g/mol. The van der Waals surface area contributed by atoms with Gasteiger partial charge in [0.05, 0.1) is 21.9 Å². The summed E-state index contributed by atoms with van der Waals surface area (Å²) in [6.07, 6.45) is 13.4. The Labute approximate surface area is 658 Å². The molecule has 0 aromatic heterocycles. The minimum absolute atomic E-state index is 0.0972. The van der Waals surface area contributed by atoms with E-state index in [1.54, 1.807) is 42.5 Å². The molecule has 0 aliphatic heterocycles. The van der Waals surface area contributed by atoms with Crippen LogP contribution >= 0.6 is 0 Å². The monoisotopic (exact) mass is 1610 g/mol. The minimum atomic E-state index is -2.59. The second kappa shape index (κ2) is 50.0. The highest BCUT2D eigenvalue weighted by atomic mass is 19.2. The van der Waals surface area contributed by atoms with Crippen LogP contribution in [0.15, 0.2) is 214 Å². The Hall–Kier alpha value is -11.4. The van der Waals surface area contributed by atoms with Crippen molar-refractivity contribution in [2.24, 2.45) is 0 Å². The SMILES string of the molecule is C=Cc1ccc(CC)cc1.C=Cc1cccc(CC)c1.C=Cc1ccccc1CC.CCc1ccc(F)c(F)c1.CCc1ccc(F)cc1.CCc1cccc(F)c1.CCc1ccccc1.CCc1ccccc1F.Cc1c(F)c(F)c(-c2c(F)c(F)c(F)c(F)c2F)c(F)c1F.Cc1c(F)c(F)c2c(F)c(F)c(F)c(F)c2c1F. The van der Waals surface area contributed by atoms with Crippen molar-refractivity contribution in [2.45, 2.75) is 121 Å². The predicted octanol–water partition coefficient (Wildman–Crippen LogP) is 29.7. The van der Waals surface area contributed by atoms with Gasteiger partial charge in [-0.2, -0.15) is 0 Å². The lowest BCUT2D eigenvalue weighted by molar-refractivity contribution is 0.379. The standard InChI is InChI=1S/C13H3F9.C11H3F7.3C10H12.C8H8F2.3C8H9F.C8H10/c1-2-5(14)7(16)3(8(17)6(2)15)4-9(18)11(20)13(22)12(21)10(4)19;1-2-5(12)3-4(7(14)6(2)13)9(16)11(18)10(17)8(3)15;1-3-9-5-7-10(4-2)8-6-9;1-3-9-6-5-7-10(4-2)8-9;1-3-9-7-5-6-8-10(9)4-2;1-2-6-3-4-7(9)8(10)5-6;1-2-7-3-5-8(9)6-4-7;1-2-7-4-3-5-8(9)6-7;1-2-7-5-3-4-6-8(7)9;1-2-8-6-4-3-5-7-8/h1H3;1H3;3*3,5-8H,1,4H2,2H3;3-5H,2H2,1H3;3*3-6H,2H2,1H3;3-7H,2H2,1H3. The van der Waals surface area contributed by atoms with Crippen LogP contribution in [0.3, 0.4) is 0 Å². The summed E-state index contributed by atoms with van der Waals surface area (Å²) in [6.45, 7) is 29.0. The summed E-state index contributed by atoms with van der Waals surface area (Å²) in [5, 5.41) is -3.05. The molecule has 12 aromatic rings. The molecule has 21 heteroatoms. The number of hydrogen-bond donors (Lipinski definition) is 0. The van der Waals surface area contributed by atoms with Gasteiger partial charge >= 0.3 is 0 Å². The minimum Gasteiger partial charge on any atom is -0.207 e. The molecule has 0 aliphatic carbocycles. The van der Waals surface area contributed by atoms with Gasteiger partial charge in [0, 0.05) is 11.1 Å². The van der Waals surface area contributed by atoms with Gasteiger partial charge in [0.15, 0.2) is 93.1 Å². The molecule has 12 aromatic carbocycles. The molecule has 0 aliphatic rings. The van der Waals surface area contributed by atoms with Crippen LogP contribution in [0.1, 0.15) is 128 Å². The first-order valence-corrected chi connectivity index (χ1v) is 36.1. The van der Waals surface area contributed by atoms with Crippen molar-refractivity contribution in [1.29, 1.82) is 0 Å². The zero-order valence-electron chi connectivity index (χ0n) is 64.9. The van der Waals surface area contributed by atoms with Crippen LogP contribution < -0.4 is 0 Å². The molecule has 0 radical (unpaired) electrons. The van der Waals surface area contributed by atoms with Gasteiger partial charge in [-0.1, -0.05) is 245 Å². The highest BCUT2D eigenvalue weighted by Gasteiger charge is 2.34. The molecule has 115 heavy (non-hydrogen) atoms. The van der Waals surface area contributed by atoms with Crippen LogP contribution in [0.2, 0.25) is 0 Å². The van der Waals surface area contributed by atoms with Crippen molar-refractivity contribution in [3.05, 3.63) is 408 Å². The van der Waals surface area contributed by atoms with E-state index in [-0.39, 0.29) is 17.5 Å². The van der Waals surface area contributed by atoms with Crippen molar-refractivity contribution >= 4 is 29.0 Å². The van der Waals surface area contributed by atoms with E-state index < -0.39 is 138 Å². The molecule has 0 nitrogen and oxygen atoms in total. The average Bonchev–Trinajstić information content (AvgIpc) is 0.748. The Morgan fingerprint density at radius 3 is 0.983 bits per heavy atom. The summed E-state index contributed by atoms with van der Waals surface area (Å²) < 4.78 is 274. The lowest BCUT2D eigenvalue weighted by atomic mass is 9.99. The summed E-state index contributed by atoms with van der Waals surface area (Å²) in [7, 11) is 0. The van der Waals surface area contributed by atoms with Crippen molar-refractivity contribution in [3.8, 4) is 11.1 Å². The summed E-state index contributed by atoms with van der Waals surface area (Å²) in [6, 6.07) is 59.7. The highest BCUT2D eigenvalue weighted by molar-refractivity contribution is 5.86. The van der Waals surface area contributed by atoms with Gasteiger partial charge < -0.3 is 0 Å². The molecule has 0 atom stereocenters. The van der Waals surface area contributed by atoms with E-state index >= 15 is 0 Å². The molecule has 0 saturated heterocycles. The van der Waals surface area contributed by atoms with Gasteiger partial charge in [-0.3, -0.25) is 0 Å². The number of halogens is 21. The molecule has 0 bridgehead atoms. The van der Waals surface area contributed by atoms with Gasteiger partial charge in [-0.15, -0.1) is 0 Å². The topological polar surface area (TPSA) is 0 Å². The third-order valence-corrected chi connectivity index (χ3v) is 17.0. The van der Waals surface area contributed by atoms with E-state index in [1.807, 2.05) is 70.2 Å². The molecular weight excluding hydrogens is 1530 g/mol. The number of aryl methyl sites for hydroxylation is 8. The Morgan fingerprint density at radius 1 is 0.226 bits per heavy atom. The molecule has 0 heterocycles. The van der Waals surface area contributed by atoms with Gasteiger partial charge in [0.25, 0.3) is 0 Å². The van der Waals surface area contributed by atoms with E-state index in [9.17, 15) is 92.2 Å². The second-order valence-electron chi connectivity index (χ2n) is 24.5. The summed E-state index contributed by atoms with van der Waals surface area (Å²) in [4.78, 5) is 0. The van der Waals surface area contributed by atoms with E-state index in [4.69, 9.17) is 0 Å². The van der Waals surface area contributed by atoms with Crippen molar-refractivity contribution < 1.29 is 92.2 Å². The van der Waals surface area contributed by atoms with E-state index in [2.05, 4.69) is 138 Å². The van der Waals surface area contributed by atoms with E-state index in [0.29, 0.717) is 6.92 Å². The lowest BCUT2D eigenvalue weighted by Gasteiger charge is -2.12. The van der Waals surface area contributed by atoms with Crippen LogP contribution in [-0.4, -0.2) is 0 Å². The summed E-state index contributed by atoms with van der Waals surface area (Å²) in [5.74, 6) is -37.7. The maximum Gasteiger partial charge on any atom is 0.200 e. The maximum absolute atomic E-state index is 13.7. The van der Waals surface area contributed by atoms with Gasteiger partial charge in [-0.05, 0) is 169 Å². The molecule has 0 saturated carbocycles. The Balaban J connectivity index is 0.000000337. The first-order chi connectivity index (χ1) is 54.7. The van der Waals surface area contributed by atoms with Gasteiger partial charge in [0.2, 0.25) is 5.82 Å². The Kier molecular flexibility index (Phi) is 42.5. The van der Waals surface area contributed by atoms with Crippen LogP contribution in [-0.2, 0) is 51.4 Å². The first-order valence-electron chi connectivity index (χ1n) is 36.1. The quantitative estimate of drug-likeness (QED) is 0.0650. The molecule has 0 N–H and O–H groups in total. The molecule has 0 spiro atoms. The Bertz CT molecular complexity index is 4850. The summed E-state index contributed by atoms with van der Waals surface area (Å²) in [5.41, 5.74) is 6.81. The fourth-order valence-electron chi connectivity index (χ4n) is 10.0. The van der Waals surface area contributed by atoms with Gasteiger partial charge in [-0.25, -0.2) is 92.2 Å². The van der Waals surface area contributed by atoms with Crippen molar-refractivity contribution in [3.63, 3.8) is 0 Å². The van der Waals surface area contributed by atoms with Crippen molar-refractivity contribution in [1.82, 2.24) is 0 Å². The number of rotatable bonds is 12. The number of fused-ring (bicyclic) bond motifs is 1. The predicted molar refractivity (Wildman–Crippen MR) is 421 cm³/mol. The normalized spacial score (nSPS) is 10.1.